The molecule has 0 aliphatic carbocycles. The number of hydrogen-bond acceptors (Lipinski definition) is 7. The molecule has 2 heterocycles. The molecule has 0 bridgehead atoms. The predicted molar refractivity (Wildman–Crippen MR) is 108 cm³/mol. The predicted octanol–water partition coefficient (Wildman–Crippen LogP) is 1.50. The van der Waals surface area contributed by atoms with Crippen LogP contribution >= 0.6 is 0 Å². The van der Waals surface area contributed by atoms with E-state index in [0.717, 1.165) is 26.2 Å². The Labute approximate surface area is 165 Å². The molecular formula is C20H27N5O3. The summed E-state index contributed by atoms with van der Waals surface area (Å²) in [5.74, 6) is 0.584. The molecule has 1 aromatic carbocycles. The number of ether oxygens (including phenoxy) is 2. The smallest absolute Gasteiger partial charge is 0.258 e. The summed E-state index contributed by atoms with van der Waals surface area (Å²) in [6, 6.07) is 8.41. The maximum absolute atomic E-state index is 12.3. The minimum absolute atomic E-state index is 0.273. The zero-order chi connectivity index (χ0) is 19.9. The minimum atomic E-state index is -0.273. The largest absolute Gasteiger partial charge is 0.480 e. The standard InChI is InChI=1S/C20H27N5O3/c1-15-6-4-5-7-17(15)24-9-11-25(12-10-24)20-22-14-16(19(23-20)28-3)18(26)21-8-13-27-2/h4-7,14H,8-13H2,1-3H3,(H,21,26). The van der Waals surface area contributed by atoms with Gasteiger partial charge in [-0.25, -0.2) is 4.98 Å². The van der Waals surface area contributed by atoms with Crippen LogP contribution in [-0.2, 0) is 4.74 Å². The minimum Gasteiger partial charge on any atom is -0.480 e. The number of aryl methyl sites for hydroxylation is 1. The van der Waals surface area contributed by atoms with Crippen molar-refractivity contribution in [3.8, 4) is 5.88 Å². The lowest BCUT2D eigenvalue weighted by Crippen LogP contribution is -2.47. The number of nitrogens with zero attached hydrogens (tertiary/aromatic N) is 4. The summed E-state index contributed by atoms with van der Waals surface area (Å²) in [4.78, 5) is 25.6. The van der Waals surface area contributed by atoms with E-state index in [1.807, 2.05) is 0 Å². The van der Waals surface area contributed by atoms with Gasteiger partial charge in [-0.1, -0.05) is 18.2 Å². The molecule has 1 N–H and O–H groups in total. The van der Waals surface area contributed by atoms with E-state index in [2.05, 4.69) is 56.3 Å². The van der Waals surface area contributed by atoms with E-state index in [1.165, 1.54) is 24.6 Å². The lowest BCUT2D eigenvalue weighted by Gasteiger charge is -2.36. The Morgan fingerprint density at radius 1 is 1.14 bits per heavy atom. The van der Waals surface area contributed by atoms with Gasteiger partial charge in [0.15, 0.2) is 0 Å². The number of aromatic nitrogens is 2. The number of carbonyl (C=O) groups is 1. The number of rotatable bonds is 7. The highest BCUT2D eigenvalue weighted by molar-refractivity contribution is 5.96. The van der Waals surface area contributed by atoms with Gasteiger partial charge < -0.3 is 24.6 Å². The molecule has 8 heteroatoms. The summed E-state index contributed by atoms with van der Waals surface area (Å²) in [5.41, 5.74) is 2.86. The summed E-state index contributed by atoms with van der Waals surface area (Å²) in [5, 5.41) is 2.76. The summed E-state index contributed by atoms with van der Waals surface area (Å²) < 4.78 is 10.3. The van der Waals surface area contributed by atoms with Crippen LogP contribution in [0.2, 0.25) is 0 Å². The Kier molecular flexibility index (Phi) is 6.65. The number of amides is 1. The lowest BCUT2D eigenvalue weighted by atomic mass is 10.1. The first kappa shape index (κ1) is 19.9. The average Bonchev–Trinajstić information content (AvgIpc) is 2.74. The molecule has 0 saturated carbocycles. The van der Waals surface area contributed by atoms with Gasteiger partial charge in [0.05, 0.1) is 13.7 Å². The number of para-hydroxylation sites is 1. The Bertz CT molecular complexity index is 806. The molecule has 1 amide bonds. The van der Waals surface area contributed by atoms with Crippen LogP contribution in [0.25, 0.3) is 0 Å². The fraction of sp³-hybridized carbons (Fsp3) is 0.450. The monoisotopic (exact) mass is 385 g/mol. The Morgan fingerprint density at radius 3 is 2.54 bits per heavy atom. The van der Waals surface area contributed by atoms with E-state index >= 15 is 0 Å². The van der Waals surface area contributed by atoms with E-state index < -0.39 is 0 Å². The molecule has 1 saturated heterocycles. The van der Waals surface area contributed by atoms with Crippen LogP contribution in [0.15, 0.2) is 30.5 Å². The number of methoxy groups -OCH3 is 2. The highest BCUT2D eigenvalue weighted by Crippen LogP contribution is 2.23. The molecule has 0 atom stereocenters. The quantitative estimate of drug-likeness (QED) is 0.724. The topological polar surface area (TPSA) is 79.8 Å². The van der Waals surface area contributed by atoms with Gasteiger partial charge in [-0.05, 0) is 18.6 Å². The molecule has 0 spiro atoms. The summed E-state index contributed by atoms with van der Waals surface area (Å²) in [6.07, 6.45) is 1.52. The van der Waals surface area contributed by atoms with E-state index in [9.17, 15) is 4.79 Å². The summed E-state index contributed by atoms with van der Waals surface area (Å²) in [6.45, 7) is 6.37. The molecule has 1 aliphatic rings. The third-order valence-corrected chi connectivity index (χ3v) is 4.79. The molecular weight excluding hydrogens is 358 g/mol. The fourth-order valence-corrected chi connectivity index (χ4v) is 3.25. The third kappa shape index (κ3) is 4.51. The number of nitrogens with one attached hydrogen (secondary N) is 1. The number of hydrogen-bond donors (Lipinski definition) is 1. The van der Waals surface area contributed by atoms with Crippen LogP contribution in [0.1, 0.15) is 15.9 Å². The van der Waals surface area contributed by atoms with Crippen molar-refractivity contribution in [2.75, 3.05) is 63.4 Å². The first-order valence-electron chi connectivity index (χ1n) is 9.37. The third-order valence-electron chi connectivity index (χ3n) is 4.79. The fourth-order valence-electron chi connectivity index (χ4n) is 3.25. The van der Waals surface area contributed by atoms with Gasteiger partial charge in [-0.15, -0.1) is 0 Å². The number of benzene rings is 1. The van der Waals surface area contributed by atoms with Gasteiger partial charge >= 0.3 is 0 Å². The Morgan fingerprint density at radius 2 is 1.86 bits per heavy atom. The van der Waals surface area contributed by atoms with Crippen LogP contribution in [0.4, 0.5) is 11.6 Å². The second kappa shape index (κ2) is 9.36. The van der Waals surface area contributed by atoms with E-state index in [4.69, 9.17) is 9.47 Å². The van der Waals surface area contributed by atoms with Gasteiger partial charge in [0, 0.05) is 51.7 Å². The molecule has 3 rings (SSSR count). The number of anilines is 2. The zero-order valence-electron chi connectivity index (χ0n) is 16.6. The van der Waals surface area contributed by atoms with Crippen molar-refractivity contribution in [3.63, 3.8) is 0 Å². The SMILES string of the molecule is COCCNC(=O)c1cnc(N2CCN(c3ccccc3C)CC2)nc1OC. The van der Waals surface area contributed by atoms with Gasteiger partial charge in [0.2, 0.25) is 11.8 Å². The summed E-state index contributed by atoms with van der Waals surface area (Å²) >= 11 is 0. The van der Waals surface area contributed by atoms with E-state index in [0.29, 0.717) is 24.7 Å². The van der Waals surface area contributed by atoms with Crippen LogP contribution in [-0.4, -0.2) is 69.4 Å². The van der Waals surface area contributed by atoms with Crippen LogP contribution in [0.5, 0.6) is 5.88 Å². The number of piperazine rings is 1. The van der Waals surface area contributed by atoms with Gasteiger partial charge in [-0.2, -0.15) is 4.98 Å². The van der Waals surface area contributed by atoms with E-state index in [-0.39, 0.29) is 11.8 Å². The Balaban J connectivity index is 1.66. The van der Waals surface area contributed by atoms with Crippen molar-refractivity contribution < 1.29 is 14.3 Å². The van der Waals surface area contributed by atoms with Crippen molar-refractivity contribution in [2.24, 2.45) is 0 Å². The van der Waals surface area contributed by atoms with Gasteiger partial charge in [-0.3, -0.25) is 4.79 Å². The maximum Gasteiger partial charge on any atom is 0.258 e. The highest BCUT2D eigenvalue weighted by atomic mass is 16.5. The first-order valence-corrected chi connectivity index (χ1v) is 9.37. The molecule has 8 nitrogen and oxygen atoms in total. The number of carbonyl (C=O) groups excluding carboxylic acids is 1. The molecule has 1 fully saturated rings. The molecule has 1 aromatic heterocycles. The molecule has 0 radical (unpaired) electrons. The van der Waals surface area contributed by atoms with Crippen LogP contribution in [0.3, 0.4) is 0 Å². The maximum atomic E-state index is 12.3. The van der Waals surface area contributed by atoms with Gasteiger partial charge in [0.25, 0.3) is 5.91 Å². The van der Waals surface area contributed by atoms with E-state index in [1.54, 1.807) is 7.11 Å². The molecule has 28 heavy (non-hydrogen) atoms. The summed E-state index contributed by atoms with van der Waals surface area (Å²) in [7, 11) is 3.09. The van der Waals surface area contributed by atoms with Gasteiger partial charge in [0.1, 0.15) is 5.56 Å². The molecule has 0 unspecified atom stereocenters. The Hall–Kier alpha value is -2.87. The molecule has 2 aromatic rings. The molecule has 150 valence electrons. The first-order chi connectivity index (χ1) is 13.6. The lowest BCUT2D eigenvalue weighted by molar-refractivity contribution is 0.0933. The van der Waals surface area contributed by atoms with Crippen molar-refractivity contribution in [1.29, 1.82) is 0 Å². The second-order valence-electron chi connectivity index (χ2n) is 6.60. The normalized spacial score (nSPS) is 14.1. The zero-order valence-corrected chi connectivity index (χ0v) is 16.6. The average molecular weight is 385 g/mol. The van der Waals surface area contributed by atoms with Crippen molar-refractivity contribution in [3.05, 3.63) is 41.6 Å². The van der Waals surface area contributed by atoms with Crippen molar-refractivity contribution in [2.45, 2.75) is 6.92 Å². The molecule has 1 aliphatic heterocycles. The van der Waals surface area contributed by atoms with Crippen molar-refractivity contribution in [1.82, 2.24) is 15.3 Å². The van der Waals surface area contributed by atoms with Crippen LogP contribution in [0, 0.1) is 6.92 Å². The van der Waals surface area contributed by atoms with Crippen LogP contribution < -0.4 is 19.9 Å². The van der Waals surface area contributed by atoms with Crippen molar-refractivity contribution >= 4 is 17.5 Å². The highest BCUT2D eigenvalue weighted by Gasteiger charge is 2.22. The second-order valence-corrected chi connectivity index (χ2v) is 6.60.